The Hall–Kier alpha value is -1.69. The molecule has 6 nitrogen and oxygen atoms in total. The van der Waals surface area contributed by atoms with Gasteiger partial charge in [-0.3, -0.25) is 14.7 Å². The summed E-state index contributed by atoms with van der Waals surface area (Å²) in [5.41, 5.74) is 0.882. The van der Waals surface area contributed by atoms with E-state index in [1.54, 1.807) is 12.4 Å². The largest absolute Gasteiger partial charge is 0.465 e. The maximum Gasteiger partial charge on any atom is 0.323 e. The van der Waals surface area contributed by atoms with E-state index >= 15 is 0 Å². The van der Waals surface area contributed by atoms with Gasteiger partial charge >= 0.3 is 5.97 Å². The molecule has 0 saturated carbocycles. The Bertz CT molecular complexity index is 449. The lowest BCUT2D eigenvalue weighted by Crippen LogP contribution is -2.45. The Morgan fingerprint density at radius 2 is 2.24 bits per heavy atom. The van der Waals surface area contributed by atoms with Gasteiger partial charge in [0, 0.05) is 13.1 Å². The number of ether oxygens (including phenoxy) is 1. The summed E-state index contributed by atoms with van der Waals surface area (Å²) in [7, 11) is 0. The molecule has 1 saturated heterocycles. The number of anilines is 1. The van der Waals surface area contributed by atoms with Crippen molar-refractivity contribution in [3.63, 3.8) is 0 Å². The number of carbonyl (C=O) groups is 1. The van der Waals surface area contributed by atoms with Gasteiger partial charge in [0.15, 0.2) is 0 Å². The Morgan fingerprint density at radius 3 is 2.90 bits per heavy atom. The third-order valence-electron chi connectivity index (χ3n) is 3.60. The molecule has 6 heteroatoms. The number of rotatable bonds is 6. The van der Waals surface area contributed by atoms with Crippen LogP contribution in [0.3, 0.4) is 0 Å². The number of likely N-dealkylation sites (tertiary alicyclic amines) is 1. The molecule has 0 aliphatic carbocycles. The molecule has 1 unspecified atom stereocenters. The van der Waals surface area contributed by atoms with Gasteiger partial charge in [-0.1, -0.05) is 6.42 Å². The molecule has 0 spiro atoms. The second-order valence-electron chi connectivity index (χ2n) is 5.16. The molecule has 0 aromatic carbocycles. The molecule has 116 valence electrons. The molecule has 1 aromatic heterocycles. The van der Waals surface area contributed by atoms with Gasteiger partial charge in [0.25, 0.3) is 0 Å². The summed E-state index contributed by atoms with van der Waals surface area (Å²) in [6.07, 6.45) is 6.56. The predicted molar refractivity (Wildman–Crippen MR) is 80.9 cm³/mol. The number of esters is 1. The summed E-state index contributed by atoms with van der Waals surface area (Å²) in [6, 6.07) is -0.144. The van der Waals surface area contributed by atoms with Crippen LogP contribution >= 0.6 is 0 Å². The van der Waals surface area contributed by atoms with E-state index in [9.17, 15) is 4.79 Å². The van der Waals surface area contributed by atoms with E-state index in [-0.39, 0.29) is 12.0 Å². The normalized spacial score (nSPS) is 19.2. The van der Waals surface area contributed by atoms with Crippen LogP contribution in [0.25, 0.3) is 0 Å². The van der Waals surface area contributed by atoms with Crippen LogP contribution in [0.15, 0.2) is 12.4 Å². The summed E-state index contributed by atoms with van der Waals surface area (Å²) in [4.78, 5) is 22.9. The highest BCUT2D eigenvalue weighted by Crippen LogP contribution is 2.20. The van der Waals surface area contributed by atoms with Crippen molar-refractivity contribution in [3.8, 4) is 0 Å². The van der Waals surface area contributed by atoms with E-state index in [1.165, 1.54) is 0 Å². The molecule has 1 aromatic rings. The van der Waals surface area contributed by atoms with E-state index in [0.717, 1.165) is 43.9 Å². The third kappa shape index (κ3) is 4.39. The lowest BCUT2D eigenvalue weighted by molar-refractivity contribution is -0.151. The molecule has 0 bridgehead atoms. The second-order valence-corrected chi connectivity index (χ2v) is 5.16. The zero-order chi connectivity index (χ0) is 15.1. The SMILES string of the molecule is CCNc1cnc(CN2CCCCC2C(=O)OCC)cn1. The average molecular weight is 292 g/mol. The van der Waals surface area contributed by atoms with Crippen LogP contribution in [0.4, 0.5) is 5.82 Å². The van der Waals surface area contributed by atoms with Crippen LogP contribution in [-0.2, 0) is 16.1 Å². The molecular weight excluding hydrogens is 268 g/mol. The van der Waals surface area contributed by atoms with Gasteiger partial charge in [0.05, 0.1) is 24.7 Å². The Balaban J connectivity index is 1.99. The summed E-state index contributed by atoms with van der Waals surface area (Å²) in [5, 5.41) is 3.12. The topological polar surface area (TPSA) is 67.4 Å². The molecule has 1 fully saturated rings. The zero-order valence-corrected chi connectivity index (χ0v) is 12.8. The quantitative estimate of drug-likeness (QED) is 0.807. The molecule has 2 rings (SSSR count). The molecule has 21 heavy (non-hydrogen) atoms. The average Bonchev–Trinajstić information content (AvgIpc) is 2.50. The fraction of sp³-hybridized carbons (Fsp3) is 0.667. The van der Waals surface area contributed by atoms with Crippen molar-refractivity contribution in [1.29, 1.82) is 0 Å². The number of nitrogens with zero attached hydrogens (tertiary/aromatic N) is 3. The van der Waals surface area contributed by atoms with Crippen molar-refractivity contribution in [2.45, 2.75) is 45.7 Å². The number of hydrogen-bond acceptors (Lipinski definition) is 6. The third-order valence-corrected chi connectivity index (χ3v) is 3.60. The van der Waals surface area contributed by atoms with Crippen LogP contribution in [0.1, 0.15) is 38.8 Å². The zero-order valence-electron chi connectivity index (χ0n) is 12.8. The molecule has 2 heterocycles. The molecular formula is C15H24N4O2. The van der Waals surface area contributed by atoms with Crippen molar-refractivity contribution in [3.05, 3.63) is 18.1 Å². The van der Waals surface area contributed by atoms with Gasteiger partial charge in [-0.05, 0) is 33.2 Å². The smallest absolute Gasteiger partial charge is 0.323 e. The Labute approximate surface area is 125 Å². The lowest BCUT2D eigenvalue weighted by atomic mass is 10.0. The van der Waals surface area contributed by atoms with Gasteiger partial charge in [-0.2, -0.15) is 0 Å². The number of piperidine rings is 1. The minimum atomic E-state index is -0.144. The Kier molecular flexibility index (Phi) is 5.92. The summed E-state index contributed by atoms with van der Waals surface area (Å²) in [5.74, 6) is 0.663. The van der Waals surface area contributed by atoms with E-state index in [1.807, 2.05) is 13.8 Å². The standard InChI is InChI=1S/C15H24N4O2/c1-3-16-14-10-17-12(9-18-14)11-19-8-6-5-7-13(19)15(20)21-4-2/h9-10,13H,3-8,11H2,1-2H3,(H,16,18). The van der Waals surface area contributed by atoms with Crippen LogP contribution in [0, 0.1) is 0 Å². The monoisotopic (exact) mass is 292 g/mol. The first-order valence-corrected chi connectivity index (χ1v) is 7.70. The van der Waals surface area contributed by atoms with Crippen LogP contribution in [-0.4, -0.2) is 46.6 Å². The molecule has 0 radical (unpaired) electrons. The van der Waals surface area contributed by atoms with Crippen LogP contribution in [0.2, 0.25) is 0 Å². The van der Waals surface area contributed by atoms with E-state index in [0.29, 0.717) is 13.2 Å². The fourth-order valence-electron chi connectivity index (χ4n) is 2.60. The highest BCUT2D eigenvalue weighted by atomic mass is 16.5. The maximum absolute atomic E-state index is 12.0. The molecule has 1 aliphatic rings. The van der Waals surface area contributed by atoms with Gasteiger partial charge in [0.1, 0.15) is 11.9 Å². The number of hydrogen-bond donors (Lipinski definition) is 1. The molecule has 1 atom stereocenters. The second kappa shape index (κ2) is 7.93. The summed E-state index contributed by atoms with van der Waals surface area (Å²) in [6.45, 7) is 6.66. The van der Waals surface area contributed by atoms with E-state index in [4.69, 9.17) is 4.74 Å². The molecule has 1 aliphatic heterocycles. The summed E-state index contributed by atoms with van der Waals surface area (Å²) >= 11 is 0. The Morgan fingerprint density at radius 1 is 1.38 bits per heavy atom. The fourth-order valence-corrected chi connectivity index (χ4v) is 2.60. The van der Waals surface area contributed by atoms with E-state index < -0.39 is 0 Å². The number of aromatic nitrogens is 2. The first-order chi connectivity index (χ1) is 10.2. The van der Waals surface area contributed by atoms with Gasteiger partial charge in [-0.25, -0.2) is 4.98 Å². The first-order valence-electron chi connectivity index (χ1n) is 7.70. The minimum absolute atomic E-state index is 0.116. The molecule has 1 N–H and O–H groups in total. The number of carbonyl (C=O) groups excluding carboxylic acids is 1. The molecule has 0 amide bonds. The van der Waals surface area contributed by atoms with Gasteiger partial charge in [-0.15, -0.1) is 0 Å². The van der Waals surface area contributed by atoms with Crippen LogP contribution < -0.4 is 5.32 Å². The first kappa shape index (κ1) is 15.7. The van der Waals surface area contributed by atoms with E-state index in [2.05, 4.69) is 20.2 Å². The maximum atomic E-state index is 12.0. The van der Waals surface area contributed by atoms with Crippen molar-refractivity contribution in [2.75, 3.05) is 25.0 Å². The van der Waals surface area contributed by atoms with Gasteiger partial charge < -0.3 is 10.1 Å². The highest BCUT2D eigenvalue weighted by molar-refractivity contribution is 5.75. The van der Waals surface area contributed by atoms with Crippen molar-refractivity contribution in [2.24, 2.45) is 0 Å². The van der Waals surface area contributed by atoms with Crippen molar-refractivity contribution in [1.82, 2.24) is 14.9 Å². The minimum Gasteiger partial charge on any atom is -0.465 e. The van der Waals surface area contributed by atoms with Crippen molar-refractivity contribution >= 4 is 11.8 Å². The van der Waals surface area contributed by atoms with Crippen molar-refractivity contribution < 1.29 is 9.53 Å². The van der Waals surface area contributed by atoms with Crippen LogP contribution in [0.5, 0.6) is 0 Å². The summed E-state index contributed by atoms with van der Waals surface area (Å²) < 4.78 is 5.17. The van der Waals surface area contributed by atoms with Gasteiger partial charge in [0.2, 0.25) is 0 Å². The highest BCUT2D eigenvalue weighted by Gasteiger charge is 2.29. The predicted octanol–water partition coefficient (Wildman–Crippen LogP) is 1.83. The lowest BCUT2D eigenvalue weighted by Gasteiger charge is -2.33. The number of nitrogens with one attached hydrogen (secondary N) is 1.